The number of amides is 1. The van der Waals surface area contributed by atoms with Crippen molar-refractivity contribution in [3.8, 4) is 0 Å². The number of aromatic nitrogens is 2. The lowest BCUT2D eigenvalue weighted by Crippen LogP contribution is -2.43. The van der Waals surface area contributed by atoms with Crippen molar-refractivity contribution in [2.24, 2.45) is 0 Å². The van der Waals surface area contributed by atoms with Gasteiger partial charge in [-0.1, -0.05) is 13.8 Å². The van der Waals surface area contributed by atoms with Crippen molar-refractivity contribution in [1.82, 2.24) is 15.1 Å². The van der Waals surface area contributed by atoms with Crippen molar-refractivity contribution in [3.05, 3.63) is 35.9 Å². The van der Waals surface area contributed by atoms with Gasteiger partial charge in [0, 0.05) is 12.5 Å². The van der Waals surface area contributed by atoms with Gasteiger partial charge in [0.15, 0.2) is 6.10 Å². The van der Waals surface area contributed by atoms with Crippen LogP contribution in [0.15, 0.2) is 27.4 Å². The molecule has 22 heavy (non-hydrogen) atoms. The maximum Gasteiger partial charge on any atom is 0.247 e. The molecule has 1 saturated heterocycles. The molecule has 3 heterocycles. The van der Waals surface area contributed by atoms with Crippen molar-refractivity contribution in [3.63, 3.8) is 0 Å². The Balaban J connectivity index is 1.64. The lowest BCUT2D eigenvalue weighted by molar-refractivity contribution is -0.139. The first kappa shape index (κ1) is 14.8. The number of ether oxygens (including phenoxy) is 1. The molecular weight excluding hydrogens is 286 g/mol. The number of rotatable bonds is 4. The molecule has 0 bridgehead atoms. The normalized spacial score (nSPS) is 18.9. The molecule has 3 rings (SSSR count). The fourth-order valence-corrected chi connectivity index (χ4v) is 2.31. The fourth-order valence-electron chi connectivity index (χ4n) is 2.31. The molecule has 0 aromatic carbocycles. The molecular formula is C15H19N3O4. The van der Waals surface area contributed by atoms with E-state index in [0.717, 1.165) is 5.56 Å². The zero-order valence-electron chi connectivity index (χ0n) is 12.7. The van der Waals surface area contributed by atoms with Gasteiger partial charge in [-0.25, -0.2) is 0 Å². The van der Waals surface area contributed by atoms with Gasteiger partial charge in [-0.3, -0.25) is 4.79 Å². The first-order valence-electron chi connectivity index (χ1n) is 7.37. The number of carbonyl (C=O) groups excluding carboxylic acids is 1. The van der Waals surface area contributed by atoms with E-state index < -0.39 is 0 Å². The summed E-state index contributed by atoms with van der Waals surface area (Å²) >= 11 is 0. The Kier molecular flexibility index (Phi) is 4.24. The quantitative estimate of drug-likeness (QED) is 0.858. The van der Waals surface area contributed by atoms with E-state index in [1.54, 1.807) is 23.5 Å². The Bertz CT molecular complexity index is 621. The molecule has 0 unspecified atom stereocenters. The second-order valence-electron chi connectivity index (χ2n) is 5.64. The highest BCUT2D eigenvalue weighted by molar-refractivity contribution is 5.78. The Morgan fingerprint density at radius 3 is 3.00 bits per heavy atom. The molecule has 118 valence electrons. The van der Waals surface area contributed by atoms with E-state index in [2.05, 4.69) is 10.2 Å². The van der Waals surface area contributed by atoms with Crippen LogP contribution in [0, 0.1) is 0 Å². The lowest BCUT2D eigenvalue weighted by Gasteiger charge is -2.31. The largest absolute Gasteiger partial charge is 0.472 e. The Morgan fingerprint density at radius 2 is 2.32 bits per heavy atom. The van der Waals surface area contributed by atoms with Crippen LogP contribution >= 0.6 is 0 Å². The number of morpholine rings is 1. The lowest BCUT2D eigenvalue weighted by atomic mass is 10.2. The monoisotopic (exact) mass is 305 g/mol. The molecule has 0 radical (unpaired) electrons. The summed E-state index contributed by atoms with van der Waals surface area (Å²) in [5, 5.41) is 8.05. The third kappa shape index (κ3) is 3.19. The summed E-state index contributed by atoms with van der Waals surface area (Å²) in [6.45, 7) is 5.43. The van der Waals surface area contributed by atoms with Crippen molar-refractivity contribution in [1.29, 1.82) is 0 Å². The second-order valence-corrected chi connectivity index (χ2v) is 5.64. The topological polar surface area (TPSA) is 81.6 Å². The van der Waals surface area contributed by atoms with E-state index >= 15 is 0 Å². The number of carbonyl (C=O) groups is 1. The minimum Gasteiger partial charge on any atom is -0.472 e. The number of hydrogen-bond donors (Lipinski definition) is 0. The highest BCUT2D eigenvalue weighted by atomic mass is 16.5. The molecule has 0 N–H and O–H groups in total. The zero-order valence-corrected chi connectivity index (χ0v) is 12.7. The van der Waals surface area contributed by atoms with E-state index in [4.69, 9.17) is 13.6 Å². The van der Waals surface area contributed by atoms with E-state index in [9.17, 15) is 4.79 Å². The maximum absolute atomic E-state index is 12.3. The highest BCUT2D eigenvalue weighted by Gasteiger charge is 2.29. The van der Waals surface area contributed by atoms with Gasteiger partial charge in [0.2, 0.25) is 17.7 Å². The summed E-state index contributed by atoms with van der Waals surface area (Å²) in [5.41, 5.74) is 0.868. The molecule has 1 aliphatic rings. The molecule has 7 nitrogen and oxygen atoms in total. The Morgan fingerprint density at radius 1 is 1.45 bits per heavy atom. The van der Waals surface area contributed by atoms with Crippen LogP contribution in [0.1, 0.15) is 43.2 Å². The zero-order chi connectivity index (χ0) is 15.5. The number of hydrogen-bond acceptors (Lipinski definition) is 6. The van der Waals surface area contributed by atoms with Gasteiger partial charge in [-0.15, -0.1) is 10.2 Å². The summed E-state index contributed by atoms with van der Waals surface area (Å²) < 4.78 is 16.3. The summed E-state index contributed by atoms with van der Waals surface area (Å²) in [4.78, 5) is 14.1. The van der Waals surface area contributed by atoms with Crippen LogP contribution < -0.4 is 0 Å². The molecule has 1 amide bonds. The standard InChI is InChI=1S/C15H19N3O4/c1-10(2)14-16-17-15(22-14)12-8-18(4-6-21-12)13(19)7-11-3-5-20-9-11/h3,5,9-10,12H,4,6-8H2,1-2H3/t12-/m1/s1. The minimum atomic E-state index is -0.359. The molecule has 0 spiro atoms. The van der Waals surface area contributed by atoms with Crippen LogP contribution in [-0.2, 0) is 16.0 Å². The molecule has 7 heteroatoms. The Hall–Kier alpha value is -2.15. The van der Waals surface area contributed by atoms with E-state index in [0.29, 0.717) is 37.9 Å². The molecule has 2 aromatic heterocycles. The summed E-state index contributed by atoms with van der Waals surface area (Å²) in [6.07, 6.45) is 3.12. The average molecular weight is 305 g/mol. The van der Waals surface area contributed by atoms with Crippen LogP contribution in [0.2, 0.25) is 0 Å². The summed E-state index contributed by atoms with van der Waals surface area (Å²) in [7, 11) is 0. The van der Waals surface area contributed by atoms with Crippen LogP contribution in [0.3, 0.4) is 0 Å². The van der Waals surface area contributed by atoms with E-state index in [1.165, 1.54) is 0 Å². The number of nitrogens with zero attached hydrogens (tertiary/aromatic N) is 3. The molecule has 1 fully saturated rings. The predicted octanol–water partition coefficient (Wildman–Crippen LogP) is 1.93. The van der Waals surface area contributed by atoms with Gasteiger partial charge in [0.1, 0.15) is 0 Å². The van der Waals surface area contributed by atoms with Gasteiger partial charge >= 0.3 is 0 Å². The average Bonchev–Trinajstić information content (AvgIpc) is 3.18. The van der Waals surface area contributed by atoms with Crippen molar-refractivity contribution >= 4 is 5.91 Å². The van der Waals surface area contributed by atoms with Crippen molar-refractivity contribution < 1.29 is 18.4 Å². The first-order valence-corrected chi connectivity index (χ1v) is 7.37. The molecule has 1 aliphatic heterocycles. The predicted molar refractivity (Wildman–Crippen MR) is 76.1 cm³/mol. The van der Waals surface area contributed by atoms with Crippen LogP contribution in [0.5, 0.6) is 0 Å². The van der Waals surface area contributed by atoms with Crippen molar-refractivity contribution in [2.45, 2.75) is 32.3 Å². The molecule has 0 saturated carbocycles. The van der Waals surface area contributed by atoms with Gasteiger partial charge in [0.05, 0.1) is 32.1 Å². The van der Waals surface area contributed by atoms with E-state index in [1.807, 2.05) is 13.8 Å². The van der Waals surface area contributed by atoms with Crippen LogP contribution in [-0.4, -0.2) is 40.7 Å². The maximum atomic E-state index is 12.3. The Labute approximate surface area is 128 Å². The van der Waals surface area contributed by atoms with E-state index in [-0.39, 0.29) is 17.9 Å². The fraction of sp³-hybridized carbons (Fsp3) is 0.533. The SMILES string of the molecule is CC(C)c1nnc([C@H]2CN(C(=O)Cc3ccoc3)CCO2)o1. The first-order chi connectivity index (χ1) is 10.6. The second kappa shape index (κ2) is 6.31. The van der Waals surface area contributed by atoms with Gasteiger partial charge in [-0.05, 0) is 11.6 Å². The number of furan rings is 1. The van der Waals surface area contributed by atoms with Crippen molar-refractivity contribution in [2.75, 3.05) is 19.7 Å². The van der Waals surface area contributed by atoms with Gasteiger partial charge in [0.25, 0.3) is 0 Å². The smallest absolute Gasteiger partial charge is 0.247 e. The molecule has 2 aromatic rings. The molecule has 1 atom stereocenters. The highest BCUT2D eigenvalue weighted by Crippen LogP contribution is 2.23. The van der Waals surface area contributed by atoms with Crippen LogP contribution in [0.4, 0.5) is 0 Å². The van der Waals surface area contributed by atoms with Gasteiger partial charge < -0.3 is 18.5 Å². The third-order valence-corrected chi connectivity index (χ3v) is 3.58. The summed E-state index contributed by atoms with van der Waals surface area (Å²) in [5.74, 6) is 1.23. The molecule has 0 aliphatic carbocycles. The van der Waals surface area contributed by atoms with Crippen LogP contribution in [0.25, 0.3) is 0 Å². The third-order valence-electron chi connectivity index (χ3n) is 3.58. The minimum absolute atomic E-state index is 0.0401. The van der Waals surface area contributed by atoms with Gasteiger partial charge in [-0.2, -0.15) is 0 Å². The summed E-state index contributed by atoms with van der Waals surface area (Å²) in [6, 6.07) is 1.79.